The Hall–Kier alpha value is -3.29. The monoisotopic (exact) mass is 526 g/mol. The van der Waals surface area contributed by atoms with Gasteiger partial charge in [-0.1, -0.05) is 84.9 Å². The summed E-state index contributed by atoms with van der Waals surface area (Å²) in [6, 6.07) is 31.1. The molecular weight excluding hydrogens is 492 g/mol. The van der Waals surface area contributed by atoms with Gasteiger partial charge in [-0.2, -0.15) is 0 Å². The number of rotatable bonds is 9. The molecule has 1 aromatic heterocycles. The van der Waals surface area contributed by atoms with Crippen molar-refractivity contribution < 1.29 is 14.6 Å². The second-order valence-corrected chi connectivity index (χ2v) is 11.1. The molecule has 2 heterocycles. The maximum atomic E-state index is 13.5. The number of nitrogens with zero attached hydrogens (tertiary/aromatic N) is 1. The number of benzene rings is 3. The molecule has 0 amide bonds. The molecule has 0 bridgehead atoms. The fourth-order valence-corrected chi connectivity index (χ4v) is 5.94. The normalized spacial score (nSPS) is 16.2. The van der Waals surface area contributed by atoms with Gasteiger partial charge in [0.15, 0.2) is 0 Å². The van der Waals surface area contributed by atoms with Crippen LogP contribution in [-0.2, 0) is 28.2 Å². The van der Waals surface area contributed by atoms with Crippen LogP contribution in [0.25, 0.3) is 10.4 Å². The molecule has 0 spiro atoms. The third-order valence-corrected chi connectivity index (χ3v) is 8.50. The van der Waals surface area contributed by atoms with Crippen molar-refractivity contribution in [2.45, 2.75) is 31.5 Å². The quantitative estimate of drug-likeness (QED) is 0.279. The summed E-state index contributed by atoms with van der Waals surface area (Å²) in [6.45, 7) is 3.69. The topological polar surface area (TPSA) is 75.8 Å². The van der Waals surface area contributed by atoms with Crippen LogP contribution in [0.2, 0.25) is 0 Å². The van der Waals surface area contributed by atoms with E-state index in [0.29, 0.717) is 24.3 Å². The third-order valence-electron chi connectivity index (χ3n) is 7.34. The Kier molecular flexibility index (Phi) is 8.35. The number of likely N-dealkylation sites (tertiary alicyclic amines) is 1. The summed E-state index contributed by atoms with van der Waals surface area (Å²) in [6.07, 6.45) is 1.92. The Labute approximate surface area is 228 Å². The predicted octanol–water partition coefficient (Wildman–Crippen LogP) is 5.57. The van der Waals surface area contributed by atoms with Crippen LogP contribution in [0.15, 0.2) is 97.1 Å². The van der Waals surface area contributed by atoms with Gasteiger partial charge in [-0.25, -0.2) is 4.79 Å². The van der Waals surface area contributed by atoms with Crippen molar-refractivity contribution >= 4 is 17.3 Å². The van der Waals surface area contributed by atoms with Gasteiger partial charge in [0.2, 0.25) is 5.60 Å². The molecule has 0 radical (unpaired) electrons. The predicted molar refractivity (Wildman–Crippen MR) is 152 cm³/mol. The Balaban J connectivity index is 1.26. The number of thiophene rings is 1. The Morgan fingerprint density at radius 2 is 1.53 bits per heavy atom. The lowest BCUT2D eigenvalue weighted by molar-refractivity contribution is -0.164. The van der Waals surface area contributed by atoms with E-state index in [-0.39, 0.29) is 5.92 Å². The SMILES string of the molecule is NCc1ccc(-c2ccc(C(O)(C(=O)OCC3CCN(Cc4ccccc4)CC3)c3ccccc3)cc2)s1. The molecule has 1 unspecified atom stereocenters. The molecular formula is C32H34N2O3S. The van der Waals surface area contributed by atoms with Crippen LogP contribution < -0.4 is 5.73 Å². The number of aliphatic hydroxyl groups is 1. The number of piperidine rings is 1. The number of esters is 1. The molecule has 6 heteroatoms. The van der Waals surface area contributed by atoms with Crippen LogP contribution in [0.4, 0.5) is 0 Å². The molecule has 0 saturated carbocycles. The molecule has 1 atom stereocenters. The van der Waals surface area contributed by atoms with Gasteiger partial charge in [0.1, 0.15) is 0 Å². The summed E-state index contributed by atoms with van der Waals surface area (Å²) in [5.41, 5.74) is 7.20. The van der Waals surface area contributed by atoms with Crippen molar-refractivity contribution in [3.8, 4) is 10.4 Å². The zero-order valence-corrected chi connectivity index (χ0v) is 22.3. The lowest BCUT2D eigenvalue weighted by Gasteiger charge is -2.33. The molecule has 3 aromatic carbocycles. The molecule has 1 fully saturated rings. The van der Waals surface area contributed by atoms with E-state index in [1.54, 1.807) is 23.5 Å². The van der Waals surface area contributed by atoms with E-state index in [2.05, 4.69) is 29.2 Å². The maximum Gasteiger partial charge on any atom is 0.347 e. The fourth-order valence-electron chi connectivity index (χ4n) is 5.05. The Morgan fingerprint density at radius 3 is 2.16 bits per heavy atom. The van der Waals surface area contributed by atoms with Gasteiger partial charge < -0.3 is 15.6 Å². The highest BCUT2D eigenvalue weighted by atomic mass is 32.1. The fraction of sp³-hybridized carbons (Fsp3) is 0.281. The van der Waals surface area contributed by atoms with Gasteiger partial charge in [0.25, 0.3) is 0 Å². The van der Waals surface area contributed by atoms with Gasteiger partial charge in [0, 0.05) is 22.8 Å². The van der Waals surface area contributed by atoms with Crippen molar-refractivity contribution in [1.29, 1.82) is 0 Å². The number of carbonyl (C=O) groups excluding carboxylic acids is 1. The molecule has 0 aliphatic carbocycles. The minimum absolute atomic E-state index is 0.281. The molecule has 1 saturated heterocycles. The number of ether oxygens (including phenoxy) is 1. The zero-order chi connectivity index (χ0) is 26.4. The van der Waals surface area contributed by atoms with E-state index in [1.165, 1.54) is 5.56 Å². The van der Waals surface area contributed by atoms with Crippen LogP contribution in [-0.4, -0.2) is 35.7 Å². The van der Waals surface area contributed by atoms with Crippen molar-refractivity contribution in [3.63, 3.8) is 0 Å². The summed E-state index contributed by atoms with van der Waals surface area (Å²) >= 11 is 1.64. The summed E-state index contributed by atoms with van der Waals surface area (Å²) < 4.78 is 5.82. The highest BCUT2D eigenvalue weighted by molar-refractivity contribution is 7.15. The Morgan fingerprint density at radius 1 is 0.895 bits per heavy atom. The molecule has 3 N–H and O–H groups in total. The van der Waals surface area contributed by atoms with E-state index in [4.69, 9.17) is 10.5 Å². The standard InChI is InChI=1S/C32H34N2O3S/c33-21-29-15-16-30(38-29)26-11-13-28(14-12-26)32(36,27-9-5-2-6-10-27)31(35)37-23-25-17-19-34(20-18-25)22-24-7-3-1-4-8-24/h1-16,25,36H,17-23,33H2. The first-order chi connectivity index (χ1) is 18.6. The molecule has 1 aliphatic heterocycles. The number of carbonyl (C=O) groups is 1. The van der Waals surface area contributed by atoms with Crippen LogP contribution >= 0.6 is 11.3 Å². The van der Waals surface area contributed by atoms with E-state index in [1.807, 2.05) is 60.7 Å². The minimum Gasteiger partial charge on any atom is -0.463 e. The smallest absolute Gasteiger partial charge is 0.347 e. The van der Waals surface area contributed by atoms with Crippen LogP contribution in [0.1, 0.15) is 34.4 Å². The Bertz CT molecular complexity index is 1320. The highest BCUT2D eigenvalue weighted by Gasteiger charge is 2.42. The lowest BCUT2D eigenvalue weighted by Crippen LogP contribution is -2.40. The van der Waals surface area contributed by atoms with Gasteiger partial charge in [0.05, 0.1) is 6.61 Å². The van der Waals surface area contributed by atoms with Crippen LogP contribution in [0, 0.1) is 5.92 Å². The first-order valence-corrected chi connectivity index (χ1v) is 14.0. The average molecular weight is 527 g/mol. The van der Waals surface area contributed by atoms with E-state index in [9.17, 15) is 9.90 Å². The largest absolute Gasteiger partial charge is 0.463 e. The second-order valence-electron chi connectivity index (χ2n) is 9.93. The van der Waals surface area contributed by atoms with Crippen molar-refractivity contribution in [3.05, 3.63) is 119 Å². The van der Waals surface area contributed by atoms with Crippen molar-refractivity contribution in [2.75, 3.05) is 19.7 Å². The maximum absolute atomic E-state index is 13.5. The number of nitrogens with two attached hydrogens (primary N) is 1. The van der Waals surface area contributed by atoms with Gasteiger partial charge >= 0.3 is 5.97 Å². The molecule has 38 heavy (non-hydrogen) atoms. The molecule has 5 rings (SSSR count). The van der Waals surface area contributed by atoms with Crippen molar-refractivity contribution in [2.24, 2.45) is 11.7 Å². The third kappa shape index (κ3) is 5.89. The molecule has 196 valence electrons. The molecule has 1 aliphatic rings. The second kappa shape index (κ2) is 12.0. The van der Waals surface area contributed by atoms with Crippen molar-refractivity contribution in [1.82, 2.24) is 4.90 Å². The van der Waals surface area contributed by atoms with E-state index < -0.39 is 11.6 Å². The number of hydrogen-bond acceptors (Lipinski definition) is 6. The van der Waals surface area contributed by atoms with E-state index >= 15 is 0 Å². The van der Waals surface area contributed by atoms with E-state index in [0.717, 1.165) is 47.8 Å². The van der Waals surface area contributed by atoms with Gasteiger partial charge in [-0.3, -0.25) is 4.90 Å². The van der Waals surface area contributed by atoms with Crippen LogP contribution in [0.3, 0.4) is 0 Å². The average Bonchev–Trinajstić information content (AvgIpc) is 3.47. The number of hydrogen-bond donors (Lipinski definition) is 2. The van der Waals surface area contributed by atoms with Crippen LogP contribution in [0.5, 0.6) is 0 Å². The summed E-state index contributed by atoms with van der Waals surface area (Å²) in [5, 5.41) is 11.9. The minimum atomic E-state index is -1.88. The molecule has 4 aromatic rings. The van der Waals surface area contributed by atoms with Gasteiger partial charge in [-0.15, -0.1) is 11.3 Å². The highest BCUT2D eigenvalue weighted by Crippen LogP contribution is 2.35. The summed E-state index contributed by atoms with van der Waals surface area (Å²) in [5.74, 6) is -0.353. The first-order valence-electron chi connectivity index (χ1n) is 13.2. The lowest BCUT2D eigenvalue weighted by atomic mass is 9.85. The summed E-state index contributed by atoms with van der Waals surface area (Å²) in [4.78, 5) is 18.2. The first kappa shape index (κ1) is 26.3. The zero-order valence-electron chi connectivity index (χ0n) is 21.5. The summed E-state index contributed by atoms with van der Waals surface area (Å²) in [7, 11) is 0. The molecule has 5 nitrogen and oxygen atoms in total. The van der Waals surface area contributed by atoms with Gasteiger partial charge in [-0.05, 0) is 66.2 Å².